The molecule has 4 heteroatoms. The Balaban J connectivity index is 2.11. The van der Waals surface area contributed by atoms with Gasteiger partial charge in [0.1, 0.15) is 5.75 Å². The predicted molar refractivity (Wildman–Crippen MR) is 71.8 cm³/mol. The SMILES string of the molecule is COc1ccc(C(CN)N2CCOC(C)C2)cc1. The number of rotatable bonds is 4. The van der Waals surface area contributed by atoms with Gasteiger partial charge < -0.3 is 15.2 Å². The second kappa shape index (κ2) is 6.18. The number of hydrogen-bond acceptors (Lipinski definition) is 4. The number of nitrogens with zero attached hydrogens (tertiary/aromatic N) is 1. The van der Waals surface area contributed by atoms with Crippen LogP contribution in [0, 0.1) is 0 Å². The van der Waals surface area contributed by atoms with Crippen LogP contribution >= 0.6 is 0 Å². The van der Waals surface area contributed by atoms with E-state index in [1.165, 1.54) is 5.56 Å². The maximum Gasteiger partial charge on any atom is 0.118 e. The molecule has 1 aromatic rings. The zero-order valence-electron chi connectivity index (χ0n) is 11.1. The van der Waals surface area contributed by atoms with Gasteiger partial charge in [-0.2, -0.15) is 0 Å². The first-order valence-electron chi connectivity index (χ1n) is 6.44. The summed E-state index contributed by atoms with van der Waals surface area (Å²) in [6.45, 7) is 5.40. The van der Waals surface area contributed by atoms with Crippen LogP contribution in [0.15, 0.2) is 24.3 Å². The molecule has 18 heavy (non-hydrogen) atoms. The Morgan fingerprint density at radius 1 is 1.44 bits per heavy atom. The Bertz CT molecular complexity index is 367. The topological polar surface area (TPSA) is 47.7 Å². The molecule has 0 aliphatic carbocycles. The molecule has 0 amide bonds. The first-order chi connectivity index (χ1) is 8.74. The van der Waals surface area contributed by atoms with Crippen molar-refractivity contribution in [3.8, 4) is 5.75 Å². The lowest BCUT2D eigenvalue weighted by molar-refractivity contribution is -0.0333. The highest BCUT2D eigenvalue weighted by molar-refractivity contribution is 5.29. The molecule has 1 fully saturated rings. The van der Waals surface area contributed by atoms with Crippen LogP contribution in [-0.4, -0.2) is 44.4 Å². The molecule has 0 radical (unpaired) electrons. The summed E-state index contributed by atoms with van der Waals surface area (Å²) in [5.74, 6) is 0.880. The van der Waals surface area contributed by atoms with Gasteiger partial charge in [-0.25, -0.2) is 0 Å². The van der Waals surface area contributed by atoms with Gasteiger partial charge in [-0.1, -0.05) is 12.1 Å². The molecule has 1 heterocycles. The van der Waals surface area contributed by atoms with E-state index >= 15 is 0 Å². The third-order valence-electron chi connectivity index (χ3n) is 3.44. The van der Waals surface area contributed by atoms with Crippen molar-refractivity contribution in [3.05, 3.63) is 29.8 Å². The molecule has 0 aromatic heterocycles. The largest absolute Gasteiger partial charge is 0.497 e. The summed E-state index contributed by atoms with van der Waals surface area (Å²) in [5, 5.41) is 0. The summed E-state index contributed by atoms with van der Waals surface area (Å²) in [6.07, 6.45) is 0.283. The van der Waals surface area contributed by atoms with Crippen molar-refractivity contribution >= 4 is 0 Å². The third-order valence-corrected chi connectivity index (χ3v) is 3.44. The Kier molecular flexibility index (Phi) is 4.58. The molecule has 2 N–H and O–H groups in total. The summed E-state index contributed by atoms with van der Waals surface area (Å²) in [7, 11) is 1.68. The Labute approximate surface area is 109 Å². The predicted octanol–water partition coefficient (Wildman–Crippen LogP) is 1.42. The average Bonchev–Trinajstić information content (AvgIpc) is 2.40. The van der Waals surface area contributed by atoms with E-state index in [0.717, 1.165) is 25.4 Å². The minimum absolute atomic E-state index is 0.266. The zero-order chi connectivity index (χ0) is 13.0. The summed E-state index contributed by atoms with van der Waals surface area (Å²) in [6, 6.07) is 8.43. The smallest absolute Gasteiger partial charge is 0.118 e. The van der Waals surface area contributed by atoms with Gasteiger partial charge in [-0.05, 0) is 24.6 Å². The van der Waals surface area contributed by atoms with Gasteiger partial charge in [0, 0.05) is 25.7 Å². The van der Waals surface area contributed by atoms with Crippen molar-refractivity contribution in [2.75, 3.05) is 33.4 Å². The van der Waals surface area contributed by atoms with Crippen molar-refractivity contribution < 1.29 is 9.47 Å². The first kappa shape index (κ1) is 13.3. The second-order valence-electron chi connectivity index (χ2n) is 4.70. The highest BCUT2D eigenvalue weighted by Gasteiger charge is 2.24. The molecule has 1 saturated heterocycles. The van der Waals surface area contributed by atoms with Gasteiger partial charge in [0.25, 0.3) is 0 Å². The van der Waals surface area contributed by atoms with Crippen molar-refractivity contribution in [2.45, 2.75) is 19.1 Å². The van der Waals surface area contributed by atoms with Gasteiger partial charge in [-0.15, -0.1) is 0 Å². The summed E-state index contributed by atoms with van der Waals surface area (Å²) >= 11 is 0. The van der Waals surface area contributed by atoms with Crippen LogP contribution < -0.4 is 10.5 Å². The number of benzene rings is 1. The van der Waals surface area contributed by atoms with Gasteiger partial charge in [0.15, 0.2) is 0 Å². The Morgan fingerprint density at radius 3 is 2.72 bits per heavy atom. The van der Waals surface area contributed by atoms with Gasteiger partial charge >= 0.3 is 0 Å². The van der Waals surface area contributed by atoms with Crippen LogP contribution in [0.4, 0.5) is 0 Å². The van der Waals surface area contributed by atoms with E-state index in [0.29, 0.717) is 6.54 Å². The minimum atomic E-state index is 0.266. The molecule has 1 aromatic carbocycles. The van der Waals surface area contributed by atoms with Crippen LogP contribution in [0.1, 0.15) is 18.5 Å². The Hall–Kier alpha value is -1.10. The number of nitrogens with two attached hydrogens (primary N) is 1. The van der Waals surface area contributed by atoms with Gasteiger partial charge in [-0.3, -0.25) is 4.90 Å². The van der Waals surface area contributed by atoms with E-state index in [1.54, 1.807) is 7.11 Å². The van der Waals surface area contributed by atoms with Gasteiger partial charge in [0.05, 0.1) is 19.8 Å². The summed E-state index contributed by atoms with van der Waals surface area (Å²) in [5.41, 5.74) is 7.18. The molecule has 1 aliphatic rings. The molecule has 2 atom stereocenters. The van der Waals surface area contributed by atoms with Crippen LogP contribution in [0.25, 0.3) is 0 Å². The normalized spacial score (nSPS) is 22.7. The van der Waals surface area contributed by atoms with Crippen LogP contribution in [-0.2, 0) is 4.74 Å². The fraction of sp³-hybridized carbons (Fsp3) is 0.571. The second-order valence-corrected chi connectivity index (χ2v) is 4.70. The lowest BCUT2D eigenvalue weighted by Crippen LogP contribution is -2.45. The van der Waals surface area contributed by atoms with E-state index in [9.17, 15) is 0 Å². The molecule has 0 saturated carbocycles. The maximum atomic E-state index is 5.94. The van der Waals surface area contributed by atoms with E-state index < -0.39 is 0 Å². The molecule has 2 unspecified atom stereocenters. The quantitative estimate of drug-likeness (QED) is 0.878. The van der Waals surface area contributed by atoms with Crippen molar-refractivity contribution in [1.29, 1.82) is 0 Å². The maximum absolute atomic E-state index is 5.94. The first-order valence-corrected chi connectivity index (χ1v) is 6.44. The van der Waals surface area contributed by atoms with E-state index in [-0.39, 0.29) is 12.1 Å². The zero-order valence-corrected chi connectivity index (χ0v) is 11.1. The van der Waals surface area contributed by atoms with E-state index in [4.69, 9.17) is 15.2 Å². The van der Waals surface area contributed by atoms with Crippen molar-refractivity contribution in [3.63, 3.8) is 0 Å². The van der Waals surface area contributed by atoms with Crippen molar-refractivity contribution in [2.24, 2.45) is 5.73 Å². The highest BCUT2D eigenvalue weighted by atomic mass is 16.5. The van der Waals surface area contributed by atoms with Crippen LogP contribution in [0.3, 0.4) is 0 Å². The molecule has 100 valence electrons. The number of ether oxygens (including phenoxy) is 2. The molecule has 0 bridgehead atoms. The standard InChI is InChI=1S/C14H22N2O2/c1-11-10-16(7-8-18-11)14(9-15)12-3-5-13(17-2)6-4-12/h3-6,11,14H,7-10,15H2,1-2H3. The Morgan fingerprint density at radius 2 is 2.17 bits per heavy atom. The molecule has 1 aliphatic heterocycles. The average molecular weight is 250 g/mol. The van der Waals surface area contributed by atoms with Crippen LogP contribution in [0.2, 0.25) is 0 Å². The van der Waals surface area contributed by atoms with Crippen LogP contribution in [0.5, 0.6) is 5.75 Å². The molecule has 4 nitrogen and oxygen atoms in total. The summed E-state index contributed by atoms with van der Waals surface area (Å²) < 4.78 is 10.8. The lowest BCUT2D eigenvalue weighted by atomic mass is 10.0. The number of hydrogen-bond donors (Lipinski definition) is 1. The van der Waals surface area contributed by atoms with Crippen molar-refractivity contribution in [1.82, 2.24) is 4.90 Å². The fourth-order valence-electron chi connectivity index (χ4n) is 2.45. The summed E-state index contributed by atoms with van der Waals surface area (Å²) in [4.78, 5) is 2.40. The number of methoxy groups -OCH3 is 1. The third kappa shape index (κ3) is 3.02. The molecule has 2 rings (SSSR count). The fourth-order valence-corrected chi connectivity index (χ4v) is 2.45. The molecule has 0 spiro atoms. The van der Waals surface area contributed by atoms with Gasteiger partial charge in [0.2, 0.25) is 0 Å². The minimum Gasteiger partial charge on any atom is -0.497 e. The number of morpholine rings is 1. The monoisotopic (exact) mass is 250 g/mol. The highest BCUT2D eigenvalue weighted by Crippen LogP contribution is 2.24. The molecular weight excluding hydrogens is 228 g/mol. The van der Waals surface area contributed by atoms with E-state index in [2.05, 4.69) is 24.0 Å². The lowest BCUT2D eigenvalue weighted by Gasteiger charge is -2.37. The molecular formula is C14H22N2O2. The van der Waals surface area contributed by atoms with E-state index in [1.807, 2.05) is 12.1 Å².